The number of rotatable bonds is 6. The molecule has 1 atom stereocenters. The Hall–Kier alpha value is -0.610. The zero-order valence-electron chi connectivity index (χ0n) is 10.8. The molecule has 0 saturated carbocycles. The van der Waals surface area contributed by atoms with Crippen LogP contribution in [0.15, 0.2) is 0 Å². The summed E-state index contributed by atoms with van der Waals surface area (Å²) in [6, 6.07) is 0.410. The van der Waals surface area contributed by atoms with E-state index < -0.39 is 0 Å². The smallest absolute Gasteiger partial charge is 0.237 e. The lowest BCUT2D eigenvalue weighted by molar-refractivity contribution is -0.133. The first-order chi connectivity index (χ1) is 7.72. The van der Waals surface area contributed by atoms with Crippen molar-refractivity contribution in [2.75, 3.05) is 39.8 Å². The zero-order chi connectivity index (χ0) is 12.0. The molecule has 1 N–H and O–H groups in total. The Morgan fingerprint density at radius 1 is 1.44 bits per heavy atom. The lowest BCUT2D eigenvalue weighted by Gasteiger charge is -2.27. The SMILES string of the molecule is CCN(CC)CC(=O)N1CCCC1CNC. The summed E-state index contributed by atoms with van der Waals surface area (Å²) in [6.45, 7) is 8.54. The molecule has 1 rings (SSSR count). The molecule has 0 spiro atoms. The van der Waals surface area contributed by atoms with Crippen molar-refractivity contribution in [2.45, 2.75) is 32.7 Å². The van der Waals surface area contributed by atoms with Gasteiger partial charge in [0, 0.05) is 19.1 Å². The van der Waals surface area contributed by atoms with Gasteiger partial charge in [0.1, 0.15) is 0 Å². The Labute approximate surface area is 99.0 Å². The summed E-state index contributed by atoms with van der Waals surface area (Å²) in [5.41, 5.74) is 0. The van der Waals surface area contributed by atoms with Crippen molar-refractivity contribution in [3.8, 4) is 0 Å². The summed E-state index contributed by atoms with van der Waals surface area (Å²) in [6.07, 6.45) is 2.29. The molecule has 1 unspecified atom stereocenters. The van der Waals surface area contributed by atoms with Gasteiger partial charge in [0.05, 0.1) is 6.54 Å². The fraction of sp³-hybridized carbons (Fsp3) is 0.917. The van der Waals surface area contributed by atoms with Crippen molar-refractivity contribution < 1.29 is 4.79 Å². The molecule has 1 fully saturated rings. The number of amides is 1. The largest absolute Gasteiger partial charge is 0.337 e. The third-order valence-electron chi connectivity index (χ3n) is 3.39. The molecule has 1 heterocycles. The molecule has 0 aromatic heterocycles. The Kier molecular flexibility index (Phi) is 5.77. The average molecular weight is 227 g/mol. The van der Waals surface area contributed by atoms with Crippen molar-refractivity contribution in [2.24, 2.45) is 0 Å². The first kappa shape index (κ1) is 13.5. The molecule has 1 amide bonds. The maximum Gasteiger partial charge on any atom is 0.237 e. The van der Waals surface area contributed by atoms with Crippen molar-refractivity contribution in [3.63, 3.8) is 0 Å². The van der Waals surface area contributed by atoms with Gasteiger partial charge in [-0.2, -0.15) is 0 Å². The van der Waals surface area contributed by atoms with Crippen LogP contribution in [0.1, 0.15) is 26.7 Å². The van der Waals surface area contributed by atoms with Crippen LogP contribution in [0.25, 0.3) is 0 Å². The summed E-state index contributed by atoms with van der Waals surface area (Å²) in [5, 5.41) is 3.17. The summed E-state index contributed by atoms with van der Waals surface area (Å²) in [4.78, 5) is 16.3. The van der Waals surface area contributed by atoms with E-state index in [0.29, 0.717) is 18.5 Å². The van der Waals surface area contributed by atoms with Crippen LogP contribution >= 0.6 is 0 Å². The third kappa shape index (κ3) is 3.46. The lowest BCUT2D eigenvalue weighted by atomic mass is 10.2. The van der Waals surface area contributed by atoms with Crippen LogP contribution in [0.4, 0.5) is 0 Å². The fourth-order valence-corrected chi connectivity index (χ4v) is 2.34. The van der Waals surface area contributed by atoms with Gasteiger partial charge in [-0.25, -0.2) is 0 Å². The highest BCUT2D eigenvalue weighted by Gasteiger charge is 2.28. The average Bonchev–Trinajstić information content (AvgIpc) is 2.74. The molecule has 0 bridgehead atoms. The molecule has 0 aliphatic carbocycles. The van der Waals surface area contributed by atoms with Crippen LogP contribution in [0.5, 0.6) is 0 Å². The van der Waals surface area contributed by atoms with Gasteiger partial charge in [0.15, 0.2) is 0 Å². The number of hydrogen-bond donors (Lipinski definition) is 1. The van der Waals surface area contributed by atoms with Crippen LogP contribution in [0, 0.1) is 0 Å². The van der Waals surface area contributed by atoms with Gasteiger partial charge in [-0.15, -0.1) is 0 Å². The summed E-state index contributed by atoms with van der Waals surface area (Å²) >= 11 is 0. The summed E-state index contributed by atoms with van der Waals surface area (Å²) in [5.74, 6) is 0.293. The van der Waals surface area contributed by atoms with Gasteiger partial charge >= 0.3 is 0 Å². The number of carbonyl (C=O) groups excluding carboxylic acids is 1. The number of carbonyl (C=O) groups is 1. The second-order valence-electron chi connectivity index (χ2n) is 4.40. The molecule has 0 aromatic rings. The van der Waals surface area contributed by atoms with Gasteiger partial charge < -0.3 is 10.2 Å². The van der Waals surface area contributed by atoms with Crippen LogP contribution in [-0.2, 0) is 4.79 Å². The highest BCUT2D eigenvalue weighted by Crippen LogP contribution is 2.16. The number of hydrogen-bond acceptors (Lipinski definition) is 3. The maximum absolute atomic E-state index is 12.1. The van der Waals surface area contributed by atoms with Gasteiger partial charge in [-0.1, -0.05) is 13.8 Å². The Morgan fingerprint density at radius 2 is 2.12 bits per heavy atom. The molecule has 16 heavy (non-hydrogen) atoms. The minimum absolute atomic E-state index is 0.293. The van der Waals surface area contributed by atoms with E-state index in [1.165, 1.54) is 0 Å². The summed E-state index contributed by atoms with van der Waals surface area (Å²) in [7, 11) is 1.95. The molecule has 4 nitrogen and oxygen atoms in total. The molecule has 4 heteroatoms. The molecule has 0 aromatic carbocycles. The van der Waals surface area contributed by atoms with E-state index in [-0.39, 0.29) is 0 Å². The van der Waals surface area contributed by atoms with Crippen molar-refractivity contribution in [1.29, 1.82) is 0 Å². The summed E-state index contributed by atoms with van der Waals surface area (Å²) < 4.78 is 0. The van der Waals surface area contributed by atoms with Crippen LogP contribution in [-0.4, -0.2) is 61.5 Å². The molecule has 1 saturated heterocycles. The molecular weight excluding hydrogens is 202 g/mol. The van der Waals surface area contributed by atoms with Crippen molar-refractivity contribution in [3.05, 3.63) is 0 Å². The predicted octanol–water partition coefficient (Wildman–Crippen LogP) is 0.539. The zero-order valence-corrected chi connectivity index (χ0v) is 10.8. The van der Waals surface area contributed by atoms with Crippen LogP contribution in [0.2, 0.25) is 0 Å². The number of likely N-dealkylation sites (tertiary alicyclic amines) is 1. The highest BCUT2D eigenvalue weighted by atomic mass is 16.2. The quantitative estimate of drug-likeness (QED) is 0.719. The second kappa shape index (κ2) is 6.86. The van der Waals surface area contributed by atoms with Gasteiger partial charge in [-0.05, 0) is 33.0 Å². The van der Waals surface area contributed by atoms with E-state index in [1.54, 1.807) is 0 Å². The predicted molar refractivity (Wildman–Crippen MR) is 66.4 cm³/mol. The molecule has 94 valence electrons. The van der Waals surface area contributed by atoms with Crippen LogP contribution in [0.3, 0.4) is 0 Å². The topological polar surface area (TPSA) is 35.6 Å². The second-order valence-corrected chi connectivity index (χ2v) is 4.40. The maximum atomic E-state index is 12.1. The van der Waals surface area contributed by atoms with E-state index in [9.17, 15) is 4.79 Å². The lowest BCUT2D eigenvalue weighted by Crippen LogP contribution is -2.45. The van der Waals surface area contributed by atoms with E-state index in [0.717, 1.165) is 39.0 Å². The van der Waals surface area contributed by atoms with Gasteiger partial charge in [0.25, 0.3) is 0 Å². The van der Waals surface area contributed by atoms with Crippen molar-refractivity contribution in [1.82, 2.24) is 15.1 Å². The fourth-order valence-electron chi connectivity index (χ4n) is 2.34. The standard InChI is InChI=1S/C12H25N3O/c1-4-14(5-2)10-12(16)15-8-6-7-11(15)9-13-3/h11,13H,4-10H2,1-3H3. The molecule has 1 aliphatic rings. The highest BCUT2D eigenvalue weighted by molar-refractivity contribution is 5.78. The van der Waals surface area contributed by atoms with Gasteiger partial charge in [0.2, 0.25) is 5.91 Å². The van der Waals surface area contributed by atoms with Crippen molar-refractivity contribution >= 4 is 5.91 Å². The Bertz CT molecular complexity index is 216. The minimum atomic E-state index is 0.293. The number of nitrogens with zero attached hydrogens (tertiary/aromatic N) is 2. The van der Waals surface area contributed by atoms with Crippen LogP contribution < -0.4 is 5.32 Å². The van der Waals surface area contributed by atoms with E-state index >= 15 is 0 Å². The molecule has 1 aliphatic heterocycles. The Balaban J connectivity index is 2.45. The van der Waals surface area contributed by atoms with Gasteiger partial charge in [-0.3, -0.25) is 9.69 Å². The Morgan fingerprint density at radius 3 is 2.69 bits per heavy atom. The van der Waals surface area contributed by atoms with E-state index in [2.05, 4.69) is 29.0 Å². The van der Waals surface area contributed by atoms with E-state index in [4.69, 9.17) is 0 Å². The van der Waals surface area contributed by atoms with E-state index in [1.807, 2.05) is 7.05 Å². The molecule has 0 radical (unpaired) electrons. The number of nitrogens with one attached hydrogen (secondary N) is 1. The first-order valence-corrected chi connectivity index (χ1v) is 6.39. The number of likely N-dealkylation sites (N-methyl/N-ethyl adjacent to an activating group) is 2. The molecular formula is C12H25N3O. The monoisotopic (exact) mass is 227 g/mol. The first-order valence-electron chi connectivity index (χ1n) is 6.39. The third-order valence-corrected chi connectivity index (χ3v) is 3.39. The normalized spacial score (nSPS) is 20.8. The minimum Gasteiger partial charge on any atom is -0.337 e.